The highest BCUT2D eigenvalue weighted by molar-refractivity contribution is 5.88. The normalized spacial score (nSPS) is 10.2. The fourth-order valence-corrected chi connectivity index (χ4v) is 2.46. The van der Waals surface area contributed by atoms with Gasteiger partial charge >= 0.3 is 6.03 Å². The Balaban J connectivity index is 1.76. The molecule has 0 aliphatic heterocycles. The van der Waals surface area contributed by atoms with E-state index in [4.69, 9.17) is 0 Å². The SMILES string of the molecule is CC(=O)Nc1cccc(CNC(=O)NCCc2ccc(F)cc2C)c1. The summed E-state index contributed by atoms with van der Waals surface area (Å²) in [5, 5.41) is 8.24. The van der Waals surface area contributed by atoms with Crippen LogP contribution in [0.25, 0.3) is 0 Å². The van der Waals surface area contributed by atoms with Crippen LogP contribution >= 0.6 is 0 Å². The van der Waals surface area contributed by atoms with E-state index >= 15 is 0 Å². The van der Waals surface area contributed by atoms with Crippen molar-refractivity contribution >= 4 is 17.6 Å². The van der Waals surface area contributed by atoms with Gasteiger partial charge in [-0.2, -0.15) is 0 Å². The van der Waals surface area contributed by atoms with Gasteiger partial charge in [-0.3, -0.25) is 4.79 Å². The van der Waals surface area contributed by atoms with Crippen molar-refractivity contribution in [3.8, 4) is 0 Å². The van der Waals surface area contributed by atoms with Crippen LogP contribution in [-0.4, -0.2) is 18.5 Å². The Morgan fingerprint density at radius 2 is 1.88 bits per heavy atom. The number of carbonyl (C=O) groups is 2. The molecule has 132 valence electrons. The van der Waals surface area contributed by atoms with Crippen molar-refractivity contribution in [2.75, 3.05) is 11.9 Å². The van der Waals surface area contributed by atoms with Gasteiger partial charge in [-0.1, -0.05) is 18.2 Å². The molecule has 0 heterocycles. The molecule has 0 aromatic heterocycles. The number of benzene rings is 2. The van der Waals surface area contributed by atoms with E-state index in [0.717, 1.165) is 16.7 Å². The first-order valence-electron chi connectivity index (χ1n) is 8.07. The van der Waals surface area contributed by atoms with Crippen LogP contribution in [-0.2, 0) is 17.8 Å². The summed E-state index contributed by atoms with van der Waals surface area (Å²) in [5.74, 6) is -0.396. The van der Waals surface area contributed by atoms with Crippen LogP contribution in [0.5, 0.6) is 0 Å². The van der Waals surface area contributed by atoms with Gasteiger partial charge in [-0.15, -0.1) is 0 Å². The Morgan fingerprint density at radius 1 is 1.08 bits per heavy atom. The van der Waals surface area contributed by atoms with Gasteiger partial charge in [0.25, 0.3) is 0 Å². The molecule has 0 spiro atoms. The number of carbonyl (C=O) groups excluding carboxylic acids is 2. The average Bonchev–Trinajstić information content (AvgIpc) is 2.55. The second-order valence-corrected chi connectivity index (χ2v) is 5.81. The molecule has 2 aromatic carbocycles. The first-order valence-corrected chi connectivity index (χ1v) is 8.07. The van der Waals surface area contributed by atoms with Crippen molar-refractivity contribution in [1.82, 2.24) is 10.6 Å². The molecule has 0 unspecified atom stereocenters. The average molecular weight is 343 g/mol. The van der Waals surface area contributed by atoms with Crippen molar-refractivity contribution in [1.29, 1.82) is 0 Å². The molecule has 0 atom stereocenters. The van der Waals surface area contributed by atoms with E-state index in [2.05, 4.69) is 16.0 Å². The first-order chi connectivity index (χ1) is 11.9. The Labute approximate surface area is 146 Å². The number of hydrogen-bond acceptors (Lipinski definition) is 2. The van der Waals surface area contributed by atoms with Gasteiger partial charge in [0.2, 0.25) is 5.91 Å². The minimum atomic E-state index is -0.273. The van der Waals surface area contributed by atoms with Gasteiger partial charge in [0.1, 0.15) is 5.82 Å². The summed E-state index contributed by atoms with van der Waals surface area (Å²) in [7, 11) is 0. The van der Waals surface area contributed by atoms with Crippen molar-refractivity contribution in [2.45, 2.75) is 26.8 Å². The summed E-state index contributed by atoms with van der Waals surface area (Å²) in [6.07, 6.45) is 0.636. The smallest absolute Gasteiger partial charge is 0.315 e. The fraction of sp³-hybridized carbons (Fsp3) is 0.263. The van der Waals surface area contributed by atoms with E-state index in [9.17, 15) is 14.0 Å². The second-order valence-electron chi connectivity index (χ2n) is 5.81. The predicted octanol–water partition coefficient (Wildman–Crippen LogP) is 3.13. The van der Waals surface area contributed by atoms with Crippen LogP contribution < -0.4 is 16.0 Å². The highest BCUT2D eigenvalue weighted by Gasteiger charge is 2.04. The zero-order valence-electron chi connectivity index (χ0n) is 14.4. The molecule has 25 heavy (non-hydrogen) atoms. The van der Waals surface area contributed by atoms with Crippen LogP contribution in [0.4, 0.5) is 14.9 Å². The predicted molar refractivity (Wildman–Crippen MR) is 95.8 cm³/mol. The Kier molecular flexibility index (Phi) is 6.51. The number of amides is 3. The molecule has 2 aromatic rings. The third kappa shape index (κ3) is 6.25. The van der Waals surface area contributed by atoms with E-state index in [1.54, 1.807) is 12.1 Å². The lowest BCUT2D eigenvalue weighted by Crippen LogP contribution is -2.36. The summed E-state index contributed by atoms with van der Waals surface area (Å²) >= 11 is 0. The minimum Gasteiger partial charge on any atom is -0.338 e. The third-order valence-corrected chi connectivity index (χ3v) is 3.68. The first kappa shape index (κ1) is 18.4. The van der Waals surface area contributed by atoms with Crippen LogP contribution in [0.1, 0.15) is 23.6 Å². The molecular weight excluding hydrogens is 321 g/mol. The molecule has 0 saturated heterocycles. The molecule has 3 N–H and O–H groups in total. The third-order valence-electron chi connectivity index (χ3n) is 3.68. The van der Waals surface area contributed by atoms with Gasteiger partial charge in [0, 0.05) is 25.7 Å². The van der Waals surface area contributed by atoms with E-state index < -0.39 is 0 Å². The Bertz CT molecular complexity index is 762. The molecule has 0 bridgehead atoms. The van der Waals surface area contributed by atoms with Crippen LogP contribution in [0.2, 0.25) is 0 Å². The molecule has 6 heteroatoms. The number of anilines is 1. The van der Waals surface area contributed by atoms with E-state index in [1.807, 2.05) is 25.1 Å². The zero-order valence-corrected chi connectivity index (χ0v) is 14.4. The summed E-state index contributed by atoms with van der Waals surface area (Å²) in [6, 6.07) is 11.6. The summed E-state index contributed by atoms with van der Waals surface area (Å²) in [6.45, 7) is 4.11. The zero-order chi connectivity index (χ0) is 18.2. The maximum Gasteiger partial charge on any atom is 0.315 e. The molecular formula is C19H22FN3O2. The molecule has 0 aliphatic rings. The van der Waals surface area contributed by atoms with Crippen molar-refractivity contribution in [2.24, 2.45) is 0 Å². The minimum absolute atomic E-state index is 0.140. The van der Waals surface area contributed by atoms with Gasteiger partial charge in [0.05, 0.1) is 0 Å². The van der Waals surface area contributed by atoms with Gasteiger partial charge in [-0.25, -0.2) is 9.18 Å². The quantitative estimate of drug-likeness (QED) is 0.754. The van der Waals surface area contributed by atoms with Gasteiger partial charge in [-0.05, 0) is 54.3 Å². The molecule has 3 amide bonds. The number of aryl methyl sites for hydroxylation is 1. The molecule has 2 rings (SSSR count). The molecule has 5 nitrogen and oxygen atoms in total. The molecule has 0 fully saturated rings. The largest absolute Gasteiger partial charge is 0.338 e. The summed E-state index contributed by atoms with van der Waals surface area (Å²) in [4.78, 5) is 22.9. The summed E-state index contributed by atoms with van der Waals surface area (Å²) < 4.78 is 13.1. The van der Waals surface area contributed by atoms with Crippen LogP contribution in [0.15, 0.2) is 42.5 Å². The fourth-order valence-electron chi connectivity index (χ4n) is 2.46. The number of nitrogens with one attached hydrogen (secondary N) is 3. The maximum atomic E-state index is 13.1. The Hall–Kier alpha value is -2.89. The standard InChI is InChI=1S/C19H22FN3O2/c1-13-10-17(20)7-6-16(13)8-9-21-19(25)22-12-15-4-3-5-18(11-15)23-14(2)24/h3-7,10-11H,8-9,12H2,1-2H3,(H,23,24)(H2,21,22,25). The maximum absolute atomic E-state index is 13.1. The lowest BCUT2D eigenvalue weighted by Gasteiger charge is -2.10. The highest BCUT2D eigenvalue weighted by atomic mass is 19.1. The highest BCUT2D eigenvalue weighted by Crippen LogP contribution is 2.11. The Morgan fingerprint density at radius 3 is 2.60 bits per heavy atom. The molecule has 0 aliphatic carbocycles. The van der Waals surface area contributed by atoms with Crippen molar-refractivity contribution in [3.63, 3.8) is 0 Å². The molecule has 0 radical (unpaired) electrons. The lowest BCUT2D eigenvalue weighted by molar-refractivity contribution is -0.114. The topological polar surface area (TPSA) is 70.2 Å². The van der Waals surface area contributed by atoms with E-state index in [0.29, 0.717) is 25.2 Å². The number of hydrogen-bond donors (Lipinski definition) is 3. The van der Waals surface area contributed by atoms with Gasteiger partial charge < -0.3 is 16.0 Å². The van der Waals surface area contributed by atoms with Gasteiger partial charge in [0.15, 0.2) is 0 Å². The van der Waals surface area contributed by atoms with Crippen LogP contribution in [0, 0.1) is 12.7 Å². The van der Waals surface area contributed by atoms with E-state index in [-0.39, 0.29) is 17.8 Å². The number of rotatable bonds is 6. The van der Waals surface area contributed by atoms with E-state index in [1.165, 1.54) is 19.1 Å². The molecule has 0 saturated carbocycles. The van der Waals surface area contributed by atoms with Crippen molar-refractivity contribution < 1.29 is 14.0 Å². The lowest BCUT2D eigenvalue weighted by atomic mass is 10.1. The summed E-state index contributed by atoms with van der Waals surface area (Å²) in [5.41, 5.74) is 3.46. The van der Waals surface area contributed by atoms with Crippen LogP contribution in [0.3, 0.4) is 0 Å². The number of urea groups is 1. The monoisotopic (exact) mass is 343 g/mol. The second kappa shape index (κ2) is 8.82. The van der Waals surface area contributed by atoms with Crippen molar-refractivity contribution in [3.05, 3.63) is 65.0 Å². The number of halogens is 1.